The molecular weight excluding hydrogens is 300 g/mol. The summed E-state index contributed by atoms with van der Waals surface area (Å²) in [6.45, 7) is 0.310. The van der Waals surface area contributed by atoms with Crippen molar-refractivity contribution in [2.45, 2.75) is 13.0 Å². The van der Waals surface area contributed by atoms with Gasteiger partial charge >= 0.3 is 0 Å². The Labute approximate surface area is 141 Å². The molecule has 0 aliphatic heterocycles. The molecule has 0 radical (unpaired) electrons. The number of aromatic hydroxyl groups is 1. The fraction of sp³-hybridized carbons (Fsp3) is 0.100. The van der Waals surface area contributed by atoms with Crippen molar-refractivity contribution in [3.05, 3.63) is 90.3 Å². The minimum atomic E-state index is -0.0895. The van der Waals surface area contributed by atoms with Crippen molar-refractivity contribution in [3.63, 3.8) is 0 Å². The van der Waals surface area contributed by atoms with Gasteiger partial charge in [0.1, 0.15) is 5.75 Å². The molecule has 0 aliphatic rings. The molecule has 4 heteroatoms. The predicted molar refractivity (Wildman–Crippen MR) is 93.7 cm³/mol. The molecule has 0 bridgehead atoms. The first-order valence-corrected chi connectivity index (χ1v) is 7.76. The lowest BCUT2D eigenvalue weighted by molar-refractivity contribution is -0.118. The van der Waals surface area contributed by atoms with Crippen LogP contribution >= 0.6 is 0 Å². The lowest BCUT2D eigenvalue weighted by atomic mass is 10.1. The van der Waals surface area contributed by atoms with Crippen molar-refractivity contribution in [3.8, 4) is 5.75 Å². The van der Waals surface area contributed by atoms with Crippen LogP contribution in [0.3, 0.4) is 0 Å². The molecule has 0 saturated carbocycles. The topological polar surface area (TPSA) is 53.4 Å². The molecule has 0 aliphatic carbocycles. The molecule has 0 unspecified atom stereocenters. The Kier molecular flexibility index (Phi) is 4.87. The summed E-state index contributed by atoms with van der Waals surface area (Å²) in [5, 5.41) is 10.2. The van der Waals surface area contributed by atoms with E-state index in [-0.39, 0.29) is 18.1 Å². The van der Waals surface area contributed by atoms with Gasteiger partial charge in [0.25, 0.3) is 0 Å². The van der Waals surface area contributed by atoms with Gasteiger partial charge in [-0.2, -0.15) is 0 Å². The first kappa shape index (κ1) is 15.7. The van der Waals surface area contributed by atoms with E-state index in [0.717, 1.165) is 11.3 Å². The van der Waals surface area contributed by atoms with Crippen LogP contribution in [0.4, 0.5) is 5.69 Å². The van der Waals surface area contributed by atoms with Crippen molar-refractivity contribution in [1.29, 1.82) is 0 Å². The summed E-state index contributed by atoms with van der Waals surface area (Å²) in [7, 11) is 0. The van der Waals surface area contributed by atoms with Crippen LogP contribution in [-0.2, 0) is 17.8 Å². The second-order valence-electron chi connectivity index (χ2n) is 5.45. The average Bonchev–Trinajstić information content (AvgIpc) is 2.62. The van der Waals surface area contributed by atoms with Gasteiger partial charge in [0.15, 0.2) is 0 Å². The third-order valence-corrected chi connectivity index (χ3v) is 3.72. The van der Waals surface area contributed by atoms with Gasteiger partial charge in [-0.15, -0.1) is 0 Å². The number of amides is 1. The standard InChI is InChI=1S/C20H18N2O2/c23-19-12-5-4-11-18(19)22(15-17-10-6-7-13-21-17)20(24)14-16-8-2-1-3-9-16/h1-13,23H,14-15H2. The highest BCUT2D eigenvalue weighted by Crippen LogP contribution is 2.28. The molecule has 24 heavy (non-hydrogen) atoms. The maximum Gasteiger partial charge on any atom is 0.231 e. The molecule has 0 fully saturated rings. The highest BCUT2D eigenvalue weighted by Gasteiger charge is 2.19. The van der Waals surface area contributed by atoms with E-state index in [1.807, 2.05) is 48.5 Å². The molecule has 0 atom stereocenters. The lowest BCUT2D eigenvalue weighted by Gasteiger charge is -2.23. The zero-order chi connectivity index (χ0) is 16.8. The highest BCUT2D eigenvalue weighted by atomic mass is 16.3. The number of hydrogen-bond acceptors (Lipinski definition) is 3. The number of aromatic nitrogens is 1. The summed E-state index contributed by atoms with van der Waals surface area (Å²) in [4.78, 5) is 18.7. The molecule has 0 saturated heterocycles. The number of benzene rings is 2. The minimum absolute atomic E-state index is 0.0786. The fourth-order valence-electron chi connectivity index (χ4n) is 2.52. The predicted octanol–water partition coefficient (Wildman–Crippen LogP) is 3.56. The Morgan fingerprint density at radius 3 is 2.33 bits per heavy atom. The average molecular weight is 318 g/mol. The molecule has 2 aromatic carbocycles. The summed E-state index contributed by atoms with van der Waals surface area (Å²) in [6, 6.07) is 22.0. The monoisotopic (exact) mass is 318 g/mol. The normalized spacial score (nSPS) is 10.3. The number of carbonyl (C=O) groups is 1. The summed E-state index contributed by atoms with van der Waals surface area (Å²) in [6.07, 6.45) is 1.96. The second-order valence-corrected chi connectivity index (χ2v) is 5.45. The van der Waals surface area contributed by atoms with Gasteiger partial charge in [0.05, 0.1) is 24.3 Å². The molecule has 1 heterocycles. The van der Waals surface area contributed by atoms with E-state index in [1.165, 1.54) is 0 Å². The van der Waals surface area contributed by atoms with Gasteiger partial charge in [0.2, 0.25) is 5.91 Å². The Bertz CT molecular complexity index is 804. The summed E-state index contributed by atoms with van der Waals surface area (Å²) < 4.78 is 0. The van der Waals surface area contributed by atoms with Crippen molar-refractivity contribution >= 4 is 11.6 Å². The quantitative estimate of drug-likeness (QED) is 0.782. The minimum Gasteiger partial charge on any atom is -0.506 e. The molecule has 0 spiro atoms. The van der Waals surface area contributed by atoms with Crippen LogP contribution in [0, 0.1) is 0 Å². The fourth-order valence-corrected chi connectivity index (χ4v) is 2.52. The van der Waals surface area contributed by atoms with Crippen LogP contribution in [0.5, 0.6) is 5.75 Å². The van der Waals surface area contributed by atoms with E-state index in [1.54, 1.807) is 35.4 Å². The van der Waals surface area contributed by atoms with Gasteiger partial charge in [0, 0.05) is 6.20 Å². The molecular formula is C20H18N2O2. The van der Waals surface area contributed by atoms with Crippen LogP contribution in [0.25, 0.3) is 0 Å². The third kappa shape index (κ3) is 3.79. The molecule has 120 valence electrons. The Balaban J connectivity index is 1.89. The largest absolute Gasteiger partial charge is 0.506 e. The van der Waals surface area contributed by atoms with E-state index < -0.39 is 0 Å². The lowest BCUT2D eigenvalue weighted by Crippen LogP contribution is -2.32. The molecule has 4 nitrogen and oxygen atoms in total. The number of carbonyl (C=O) groups excluding carboxylic acids is 1. The van der Waals surface area contributed by atoms with Crippen LogP contribution in [0.2, 0.25) is 0 Å². The number of nitrogens with zero attached hydrogens (tertiary/aromatic N) is 2. The van der Waals surface area contributed by atoms with Crippen molar-refractivity contribution in [2.75, 3.05) is 4.90 Å². The smallest absolute Gasteiger partial charge is 0.231 e. The first-order chi connectivity index (χ1) is 11.7. The van der Waals surface area contributed by atoms with Crippen LogP contribution in [0.1, 0.15) is 11.3 Å². The number of rotatable bonds is 5. The third-order valence-electron chi connectivity index (χ3n) is 3.72. The van der Waals surface area contributed by atoms with Gasteiger partial charge < -0.3 is 10.0 Å². The Hall–Kier alpha value is -3.14. The van der Waals surface area contributed by atoms with E-state index >= 15 is 0 Å². The summed E-state index contributed by atoms with van der Waals surface area (Å²) >= 11 is 0. The van der Waals surface area contributed by atoms with E-state index in [0.29, 0.717) is 12.2 Å². The number of anilines is 1. The maximum absolute atomic E-state index is 12.9. The highest BCUT2D eigenvalue weighted by molar-refractivity contribution is 5.95. The molecule has 3 rings (SSSR count). The first-order valence-electron chi connectivity index (χ1n) is 7.76. The van der Waals surface area contributed by atoms with Crippen molar-refractivity contribution in [2.24, 2.45) is 0 Å². The van der Waals surface area contributed by atoms with Gasteiger partial charge in [-0.25, -0.2) is 0 Å². The number of phenolic OH excluding ortho intramolecular Hbond substituents is 1. The SMILES string of the molecule is O=C(Cc1ccccc1)N(Cc1ccccn1)c1ccccc1O. The number of hydrogen-bond donors (Lipinski definition) is 1. The number of para-hydroxylation sites is 2. The van der Waals surface area contributed by atoms with Gasteiger partial charge in [-0.3, -0.25) is 9.78 Å². The summed E-state index contributed by atoms with van der Waals surface area (Å²) in [5.74, 6) is -0.0109. The van der Waals surface area contributed by atoms with Crippen molar-refractivity contribution in [1.82, 2.24) is 4.98 Å². The number of pyridine rings is 1. The van der Waals surface area contributed by atoms with Crippen molar-refractivity contribution < 1.29 is 9.90 Å². The van der Waals surface area contributed by atoms with E-state index in [2.05, 4.69) is 4.98 Å². The second kappa shape index (κ2) is 7.42. The Morgan fingerprint density at radius 2 is 1.62 bits per heavy atom. The zero-order valence-corrected chi connectivity index (χ0v) is 13.2. The molecule has 1 amide bonds. The van der Waals surface area contributed by atoms with Crippen LogP contribution in [0.15, 0.2) is 79.0 Å². The molecule has 3 aromatic rings. The van der Waals surface area contributed by atoms with Crippen LogP contribution in [-0.4, -0.2) is 16.0 Å². The number of phenols is 1. The Morgan fingerprint density at radius 1 is 0.917 bits per heavy atom. The maximum atomic E-state index is 12.9. The van der Waals surface area contributed by atoms with Gasteiger partial charge in [-0.05, 0) is 29.8 Å². The molecule has 1 N–H and O–H groups in total. The van der Waals surface area contributed by atoms with Gasteiger partial charge in [-0.1, -0.05) is 48.5 Å². The molecule has 1 aromatic heterocycles. The van der Waals surface area contributed by atoms with E-state index in [4.69, 9.17) is 0 Å². The van der Waals surface area contributed by atoms with E-state index in [9.17, 15) is 9.90 Å². The summed E-state index contributed by atoms with van der Waals surface area (Å²) in [5.41, 5.74) is 2.19. The van der Waals surface area contributed by atoms with Crippen LogP contribution < -0.4 is 4.90 Å². The zero-order valence-electron chi connectivity index (χ0n) is 13.2.